The first-order valence-electron chi connectivity index (χ1n) is 5.77. The molecule has 1 aromatic heterocycles. The predicted octanol–water partition coefficient (Wildman–Crippen LogP) is 2.65. The number of aromatic carboxylic acids is 1. The normalized spacial score (nSPS) is 11.1. The van der Waals surface area contributed by atoms with E-state index in [1.165, 1.54) is 24.5 Å². The zero-order valence-corrected chi connectivity index (χ0v) is 13.3. The van der Waals surface area contributed by atoms with Gasteiger partial charge in [0, 0.05) is 16.9 Å². The number of nitrogens with one attached hydrogen (secondary N) is 1. The van der Waals surface area contributed by atoms with Gasteiger partial charge in [-0.1, -0.05) is 12.1 Å². The largest absolute Gasteiger partial charge is 0.478 e. The first kappa shape index (κ1) is 15.5. The van der Waals surface area contributed by atoms with Crippen LogP contribution in [0.4, 0.5) is 5.69 Å². The Labute approximate surface area is 130 Å². The minimum Gasteiger partial charge on any atom is -0.478 e. The summed E-state index contributed by atoms with van der Waals surface area (Å²) in [6, 6.07) is 5.96. The third-order valence-electron chi connectivity index (χ3n) is 2.72. The Morgan fingerprint density at radius 1 is 1.33 bits per heavy atom. The summed E-state index contributed by atoms with van der Waals surface area (Å²) in [6.45, 7) is 1.60. The SMILES string of the molecule is Cc1cccc(NS(=O)(=O)c2cncc(Br)c2)c1C(=O)O. The highest BCUT2D eigenvalue weighted by Crippen LogP contribution is 2.23. The van der Waals surface area contributed by atoms with E-state index >= 15 is 0 Å². The maximum absolute atomic E-state index is 12.3. The van der Waals surface area contributed by atoms with Crippen molar-refractivity contribution < 1.29 is 18.3 Å². The number of nitrogens with zero attached hydrogens (tertiary/aromatic N) is 1. The molecule has 0 radical (unpaired) electrons. The highest BCUT2D eigenvalue weighted by Gasteiger charge is 2.20. The van der Waals surface area contributed by atoms with Crippen molar-refractivity contribution in [3.63, 3.8) is 0 Å². The molecule has 0 saturated carbocycles. The molecule has 0 unspecified atom stereocenters. The van der Waals surface area contributed by atoms with Gasteiger partial charge in [-0.25, -0.2) is 13.2 Å². The molecule has 0 aliphatic rings. The van der Waals surface area contributed by atoms with Crippen molar-refractivity contribution in [1.29, 1.82) is 0 Å². The molecule has 110 valence electrons. The lowest BCUT2D eigenvalue weighted by Crippen LogP contribution is -2.16. The van der Waals surface area contributed by atoms with Gasteiger partial charge < -0.3 is 5.11 Å². The zero-order valence-electron chi connectivity index (χ0n) is 10.9. The van der Waals surface area contributed by atoms with Crippen LogP contribution in [0.3, 0.4) is 0 Å². The lowest BCUT2D eigenvalue weighted by Gasteiger charge is -2.12. The zero-order chi connectivity index (χ0) is 15.6. The molecular formula is C13H11BrN2O4S. The summed E-state index contributed by atoms with van der Waals surface area (Å²) in [5.74, 6) is -1.20. The maximum Gasteiger partial charge on any atom is 0.338 e. The Hall–Kier alpha value is -1.93. The van der Waals surface area contributed by atoms with E-state index < -0.39 is 16.0 Å². The van der Waals surface area contributed by atoms with E-state index in [0.29, 0.717) is 10.0 Å². The van der Waals surface area contributed by atoms with Gasteiger partial charge in [0.05, 0.1) is 11.3 Å². The van der Waals surface area contributed by atoms with E-state index in [4.69, 9.17) is 0 Å². The lowest BCUT2D eigenvalue weighted by molar-refractivity contribution is 0.0697. The third-order valence-corrected chi connectivity index (χ3v) is 4.49. The van der Waals surface area contributed by atoms with Crippen LogP contribution in [-0.2, 0) is 10.0 Å². The van der Waals surface area contributed by atoms with Crippen LogP contribution < -0.4 is 4.72 Å². The number of carboxylic acids is 1. The fourth-order valence-corrected chi connectivity index (χ4v) is 3.36. The van der Waals surface area contributed by atoms with Crippen molar-refractivity contribution in [3.8, 4) is 0 Å². The highest BCUT2D eigenvalue weighted by molar-refractivity contribution is 9.10. The molecule has 0 aliphatic heterocycles. The van der Waals surface area contributed by atoms with Gasteiger partial charge in [-0.2, -0.15) is 0 Å². The van der Waals surface area contributed by atoms with Gasteiger partial charge in [-0.05, 0) is 40.5 Å². The summed E-state index contributed by atoms with van der Waals surface area (Å²) in [7, 11) is -3.91. The van der Waals surface area contributed by atoms with E-state index in [9.17, 15) is 18.3 Å². The number of halogens is 1. The lowest BCUT2D eigenvalue weighted by atomic mass is 10.1. The molecule has 0 spiro atoms. The number of hydrogen-bond acceptors (Lipinski definition) is 4. The minimum atomic E-state index is -3.91. The Morgan fingerprint density at radius 2 is 2.05 bits per heavy atom. The number of aryl methyl sites for hydroxylation is 1. The molecule has 1 heterocycles. The van der Waals surface area contributed by atoms with Crippen molar-refractivity contribution in [2.45, 2.75) is 11.8 Å². The monoisotopic (exact) mass is 370 g/mol. The second kappa shape index (κ2) is 5.82. The quantitative estimate of drug-likeness (QED) is 0.862. The first-order chi connectivity index (χ1) is 9.81. The van der Waals surface area contributed by atoms with E-state index in [0.717, 1.165) is 0 Å². The van der Waals surface area contributed by atoms with Crippen molar-refractivity contribution in [2.75, 3.05) is 4.72 Å². The Balaban J connectivity index is 2.47. The molecule has 0 fully saturated rings. The average Bonchev–Trinajstić information content (AvgIpc) is 2.37. The van der Waals surface area contributed by atoms with Crippen molar-refractivity contribution in [3.05, 3.63) is 52.3 Å². The highest BCUT2D eigenvalue weighted by atomic mass is 79.9. The first-order valence-corrected chi connectivity index (χ1v) is 8.05. The number of carboxylic acid groups (broad SMARTS) is 1. The van der Waals surface area contributed by atoms with E-state index in [1.54, 1.807) is 19.1 Å². The molecular weight excluding hydrogens is 360 g/mol. The van der Waals surface area contributed by atoms with Gasteiger partial charge in [0.15, 0.2) is 0 Å². The standard InChI is InChI=1S/C13H11BrN2O4S/c1-8-3-2-4-11(12(8)13(17)18)16-21(19,20)10-5-9(14)6-15-7-10/h2-7,16H,1H3,(H,17,18). The van der Waals surface area contributed by atoms with Crippen molar-refractivity contribution in [1.82, 2.24) is 4.98 Å². The van der Waals surface area contributed by atoms with Gasteiger partial charge >= 0.3 is 5.97 Å². The fourth-order valence-electron chi connectivity index (χ4n) is 1.78. The van der Waals surface area contributed by atoms with Gasteiger partial charge in [0.1, 0.15) is 4.90 Å². The molecule has 2 N–H and O–H groups in total. The fraction of sp³-hybridized carbons (Fsp3) is 0.0769. The summed E-state index contributed by atoms with van der Waals surface area (Å²) in [4.78, 5) is 15.0. The van der Waals surface area contributed by atoms with Crippen LogP contribution in [0, 0.1) is 6.92 Å². The third kappa shape index (κ3) is 3.40. The second-order valence-corrected chi connectivity index (χ2v) is 6.85. The van der Waals surface area contributed by atoms with Crippen LogP contribution in [0.1, 0.15) is 15.9 Å². The van der Waals surface area contributed by atoms with Gasteiger partial charge in [-0.3, -0.25) is 9.71 Å². The van der Waals surface area contributed by atoms with Crippen LogP contribution in [0.2, 0.25) is 0 Å². The maximum atomic E-state index is 12.3. The summed E-state index contributed by atoms with van der Waals surface area (Å²) in [5, 5.41) is 9.20. The molecule has 2 rings (SSSR count). The number of carbonyl (C=O) groups is 1. The van der Waals surface area contributed by atoms with Crippen molar-refractivity contribution in [2.24, 2.45) is 0 Å². The molecule has 6 nitrogen and oxygen atoms in total. The number of benzene rings is 1. The molecule has 1 aromatic carbocycles. The Kier molecular flexibility index (Phi) is 4.29. The van der Waals surface area contributed by atoms with Gasteiger partial charge in [0.25, 0.3) is 10.0 Å². The number of rotatable bonds is 4. The molecule has 0 amide bonds. The van der Waals surface area contributed by atoms with Gasteiger partial charge in [0.2, 0.25) is 0 Å². The number of aromatic nitrogens is 1. The summed E-state index contributed by atoms with van der Waals surface area (Å²) < 4.78 is 27.3. The van der Waals surface area contributed by atoms with Gasteiger partial charge in [-0.15, -0.1) is 0 Å². The molecule has 0 atom stereocenters. The molecule has 8 heteroatoms. The number of pyridine rings is 1. The Bertz CT molecular complexity index is 806. The van der Waals surface area contributed by atoms with E-state index in [1.807, 2.05) is 0 Å². The molecule has 0 bridgehead atoms. The van der Waals surface area contributed by atoms with Crippen LogP contribution in [0.5, 0.6) is 0 Å². The summed E-state index contributed by atoms with van der Waals surface area (Å²) >= 11 is 3.14. The number of anilines is 1. The minimum absolute atomic E-state index is 0.0162. The molecule has 21 heavy (non-hydrogen) atoms. The topological polar surface area (TPSA) is 96.4 Å². The molecule has 0 saturated heterocycles. The number of hydrogen-bond donors (Lipinski definition) is 2. The summed E-state index contributed by atoms with van der Waals surface area (Å²) in [6.07, 6.45) is 2.64. The van der Waals surface area contributed by atoms with Crippen LogP contribution >= 0.6 is 15.9 Å². The molecule has 0 aliphatic carbocycles. The predicted molar refractivity (Wildman–Crippen MR) is 80.9 cm³/mol. The average molecular weight is 371 g/mol. The summed E-state index contributed by atoms with van der Waals surface area (Å²) in [5.41, 5.74) is 0.404. The van der Waals surface area contributed by atoms with Crippen LogP contribution in [0.15, 0.2) is 46.0 Å². The van der Waals surface area contributed by atoms with E-state index in [-0.39, 0.29) is 16.1 Å². The molecule has 2 aromatic rings. The van der Waals surface area contributed by atoms with Crippen LogP contribution in [-0.4, -0.2) is 24.5 Å². The second-order valence-electron chi connectivity index (χ2n) is 4.25. The number of sulfonamides is 1. The van der Waals surface area contributed by atoms with Crippen LogP contribution in [0.25, 0.3) is 0 Å². The van der Waals surface area contributed by atoms with E-state index in [2.05, 4.69) is 25.6 Å². The van der Waals surface area contributed by atoms with Crippen molar-refractivity contribution >= 4 is 37.6 Å². The Morgan fingerprint density at radius 3 is 2.67 bits per heavy atom. The smallest absolute Gasteiger partial charge is 0.338 e.